The van der Waals surface area contributed by atoms with Gasteiger partial charge in [-0.2, -0.15) is 0 Å². The second-order valence-corrected chi connectivity index (χ2v) is 19.5. The molecule has 0 amide bonds. The lowest BCUT2D eigenvalue weighted by atomic mass is 10.0. The molecule has 0 aliphatic carbocycles. The first-order valence-electron chi connectivity index (χ1n) is 28.6. The van der Waals surface area contributed by atoms with Crippen LogP contribution >= 0.6 is 0 Å². The second kappa shape index (κ2) is 51.3. The van der Waals surface area contributed by atoms with Crippen LogP contribution in [0.15, 0.2) is 0 Å². The summed E-state index contributed by atoms with van der Waals surface area (Å²) in [6.45, 7) is 9.86. The molecule has 0 bridgehead atoms. The van der Waals surface area contributed by atoms with Crippen molar-refractivity contribution >= 4 is 23.9 Å². The van der Waals surface area contributed by atoms with E-state index in [9.17, 15) is 19.2 Å². The van der Waals surface area contributed by atoms with Crippen molar-refractivity contribution in [3.8, 4) is 0 Å². The summed E-state index contributed by atoms with van der Waals surface area (Å²) < 4.78 is 22.8. The van der Waals surface area contributed by atoms with Gasteiger partial charge in [-0.1, -0.05) is 201 Å². The molecule has 0 rings (SSSR count). The molecule has 0 aliphatic heterocycles. The Kier molecular flexibility index (Phi) is 49.6. The highest BCUT2D eigenvalue weighted by Crippen LogP contribution is 2.20. The van der Waals surface area contributed by atoms with Crippen LogP contribution < -0.4 is 0 Å². The lowest BCUT2D eigenvalue weighted by molar-refractivity contribution is -0.151. The number of carbonyl (C=O) groups is 4. The topological polar surface area (TPSA) is 105 Å². The Balaban J connectivity index is 3.80. The summed E-state index contributed by atoms with van der Waals surface area (Å²) in [5, 5.41) is 0. The summed E-state index contributed by atoms with van der Waals surface area (Å²) in [5.41, 5.74) is 0. The molecule has 0 aliphatic rings. The highest BCUT2D eigenvalue weighted by molar-refractivity contribution is 5.70. The molecule has 0 fully saturated rings. The molecule has 0 aromatic rings. The molecule has 2 atom stereocenters. The number of ether oxygens (including phenoxy) is 4. The molecule has 384 valence electrons. The molecule has 0 heterocycles. The van der Waals surface area contributed by atoms with Crippen molar-refractivity contribution < 1.29 is 38.1 Å². The molecule has 0 saturated carbocycles. The Hall–Kier alpha value is -2.12. The molecule has 0 saturated heterocycles. The van der Waals surface area contributed by atoms with Crippen LogP contribution in [0.5, 0.6) is 0 Å². The van der Waals surface area contributed by atoms with Crippen molar-refractivity contribution in [1.82, 2.24) is 0 Å². The van der Waals surface area contributed by atoms with Crippen LogP contribution in [0.3, 0.4) is 0 Å². The summed E-state index contributed by atoms with van der Waals surface area (Å²) in [4.78, 5) is 49.2. The lowest BCUT2D eigenvalue weighted by Gasteiger charge is -2.18. The average molecular weight is 921 g/mol. The van der Waals surface area contributed by atoms with Crippen molar-refractivity contribution in [2.45, 2.75) is 329 Å². The first-order chi connectivity index (χ1) is 31.9. The van der Waals surface area contributed by atoms with Gasteiger partial charge in [0.05, 0.1) is 13.2 Å². The fourth-order valence-electron chi connectivity index (χ4n) is 8.66. The number of rotatable bonds is 52. The minimum Gasteiger partial charge on any atom is -0.466 e. The molecule has 2 unspecified atom stereocenters. The van der Waals surface area contributed by atoms with Crippen LogP contribution in [0.1, 0.15) is 317 Å². The fourth-order valence-corrected chi connectivity index (χ4v) is 8.66. The molecular weight excluding hydrogens is 813 g/mol. The number of hydrogen-bond donors (Lipinski definition) is 0. The van der Waals surface area contributed by atoms with E-state index in [4.69, 9.17) is 18.9 Å². The zero-order valence-corrected chi connectivity index (χ0v) is 43.7. The molecule has 0 spiro atoms. The van der Waals surface area contributed by atoms with E-state index in [0.29, 0.717) is 38.9 Å². The van der Waals surface area contributed by atoms with Crippen LogP contribution in [-0.4, -0.2) is 49.3 Å². The zero-order valence-electron chi connectivity index (χ0n) is 43.7. The van der Waals surface area contributed by atoms with Gasteiger partial charge in [-0.3, -0.25) is 19.2 Å². The maximum absolute atomic E-state index is 12.4. The maximum Gasteiger partial charge on any atom is 0.306 e. The summed E-state index contributed by atoms with van der Waals surface area (Å²) in [7, 11) is 0. The Morgan fingerprint density at radius 2 is 0.477 bits per heavy atom. The first kappa shape index (κ1) is 62.9. The average Bonchev–Trinajstić information content (AvgIpc) is 3.29. The lowest BCUT2D eigenvalue weighted by Crippen LogP contribution is -2.18. The van der Waals surface area contributed by atoms with E-state index in [1.54, 1.807) is 0 Å². The van der Waals surface area contributed by atoms with Gasteiger partial charge in [0, 0.05) is 25.7 Å². The first-order valence-corrected chi connectivity index (χ1v) is 28.6. The van der Waals surface area contributed by atoms with E-state index in [1.165, 1.54) is 70.6 Å². The van der Waals surface area contributed by atoms with E-state index in [-0.39, 0.29) is 36.1 Å². The SMILES string of the molecule is CCCCCCCCCC(CCCCCCCC(=O)OCCCCCCCCCOC(=O)CCCCCCCCC(CCCCCCCC)OC(=O)CCCCC)OC(=O)CCCCC. The van der Waals surface area contributed by atoms with Crippen LogP contribution in [-0.2, 0) is 38.1 Å². The van der Waals surface area contributed by atoms with E-state index in [0.717, 1.165) is 193 Å². The van der Waals surface area contributed by atoms with Gasteiger partial charge < -0.3 is 18.9 Å². The maximum atomic E-state index is 12.4. The number of carbonyl (C=O) groups excluding carboxylic acids is 4. The quantitative estimate of drug-likeness (QED) is 0.0337. The summed E-state index contributed by atoms with van der Waals surface area (Å²) in [5.74, 6) is -0.167. The predicted molar refractivity (Wildman–Crippen MR) is 272 cm³/mol. The monoisotopic (exact) mass is 921 g/mol. The Bertz CT molecular complexity index is 1050. The summed E-state index contributed by atoms with van der Waals surface area (Å²) in [6, 6.07) is 0. The molecule has 8 nitrogen and oxygen atoms in total. The summed E-state index contributed by atoms with van der Waals surface area (Å²) in [6.07, 6.45) is 48.1. The van der Waals surface area contributed by atoms with Gasteiger partial charge >= 0.3 is 23.9 Å². The van der Waals surface area contributed by atoms with E-state index >= 15 is 0 Å². The molecule has 65 heavy (non-hydrogen) atoms. The van der Waals surface area contributed by atoms with Crippen molar-refractivity contribution in [1.29, 1.82) is 0 Å². The number of esters is 4. The zero-order chi connectivity index (χ0) is 47.5. The normalized spacial score (nSPS) is 12.2. The van der Waals surface area contributed by atoms with E-state index in [2.05, 4.69) is 27.7 Å². The van der Waals surface area contributed by atoms with Gasteiger partial charge in [-0.25, -0.2) is 0 Å². The molecule has 0 aromatic carbocycles. The van der Waals surface area contributed by atoms with Crippen molar-refractivity contribution in [3.05, 3.63) is 0 Å². The highest BCUT2D eigenvalue weighted by Gasteiger charge is 2.16. The molecule has 0 N–H and O–H groups in total. The highest BCUT2D eigenvalue weighted by atomic mass is 16.6. The van der Waals surface area contributed by atoms with Crippen LogP contribution in [0.25, 0.3) is 0 Å². The fraction of sp³-hybridized carbons (Fsp3) is 0.930. The van der Waals surface area contributed by atoms with Crippen LogP contribution in [0.2, 0.25) is 0 Å². The molecule has 8 heteroatoms. The second-order valence-electron chi connectivity index (χ2n) is 19.5. The van der Waals surface area contributed by atoms with Crippen molar-refractivity contribution in [2.24, 2.45) is 0 Å². The van der Waals surface area contributed by atoms with Gasteiger partial charge in [0.2, 0.25) is 0 Å². The predicted octanol–water partition coefficient (Wildman–Crippen LogP) is 17.5. The minimum absolute atomic E-state index is 0.0110. The van der Waals surface area contributed by atoms with Gasteiger partial charge in [-0.05, 0) is 89.9 Å². The standard InChI is InChI=1S/C57H108O8/c1-5-9-13-15-18-25-35-43-53(65-57(61)49-33-12-8-4)45-37-27-23-29-39-47-55(59)63-51-41-31-22-17-21-30-40-50-62-54(58)46-38-28-20-19-26-36-44-52(42-34-24-16-14-10-6-2)64-56(60)48-32-11-7-3/h52-53H,5-51H2,1-4H3. The Morgan fingerprint density at radius 1 is 0.262 bits per heavy atom. The third-order valence-electron chi connectivity index (χ3n) is 13.0. The van der Waals surface area contributed by atoms with Gasteiger partial charge in [0.25, 0.3) is 0 Å². The third-order valence-corrected chi connectivity index (χ3v) is 13.0. The van der Waals surface area contributed by atoms with Crippen LogP contribution in [0.4, 0.5) is 0 Å². The number of unbranched alkanes of at least 4 members (excludes halogenated alkanes) is 30. The van der Waals surface area contributed by atoms with Gasteiger partial charge in [-0.15, -0.1) is 0 Å². The Morgan fingerprint density at radius 3 is 0.785 bits per heavy atom. The van der Waals surface area contributed by atoms with Crippen LogP contribution in [0, 0.1) is 0 Å². The Labute approximate surface area is 402 Å². The van der Waals surface area contributed by atoms with Gasteiger partial charge in [0.15, 0.2) is 0 Å². The van der Waals surface area contributed by atoms with E-state index < -0.39 is 0 Å². The minimum atomic E-state index is -0.0723. The molecule has 0 aromatic heterocycles. The number of hydrogen-bond acceptors (Lipinski definition) is 8. The van der Waals surface area contributed by atoms with E-state index in [1.807, 2.05) is 0 Å². The smallest absolute Gasteiger partial charge is 0.306 e. The van der Waals surface area contributed by atoms with Crippen molar-refractivity contribution in [2.75, 3.05) is 13.2 Å². The third kappa shape index (κ3) is 48.2. The van der Waals surface area contributed by atoms with Gasteiger partial charge in [0.1, 0.15) is 12.2 Å². The molecule has 0 radical (unpaired) electrons. The molecular formula is C57H108O8. The summed E-state index contributed by atoms with van der Waals surface area (Å²) >= 11 is 0. The largest absolute Gasteiger partial charge is 0.466 e. The van der Waals surface area contributed by atoms with Crippen molar-refractivity contribution in [3.63, 3.8) is 0 Å².